The highest BCUT2D eigenvalue weighted by Crippen LogP contribution is 2.26. The summed E-state index contributed by atoms with van der Waals surface area (Å²) in [6.45, 7) is 15.9. The van der Waals surface area contributed by atoms with Gasteiger partial charge in [0.2, 0.25) is 11.8 Å². The number of carbonyl (C=O) groups excluding carboxylic acids is 3. The van der Waals surface area contributed by atoms with Gasteiger partial charge in [0, 0.05) is 19.0 Å². The number of ether oxygens (including phenoxy) is 1. The van der Waals surface area contributed by atoms with Crippen molar-refractivity contribution >= 4 is 17.9 Å². The van der Waals surface area contributed by atoms with Crippen LogP contribution in [0.5, 0.6) is 0 Å². The summed E-state index contributed by atoms with van der Waals surface area (Å²) in [5.74, 6) is -0.533. The normalized spacial score (nSPS) is 13.6. The average Bonchev–Trinajstić information content (AvgIpc) is 2.87. The number of nitrogens with zero attached hydrogens (tertiary/aromatic N) is 1. The van der Waals surface area contributed by atoms with Crippen molar-refractivity contribution in [2.24, 2.45) is 0 Å². The van der Waals surface area contributed by atoms with Crippen LogP contribution in [-0.4, -0.2) is 47.0 Å². The highest BCUT2D eigenvalue weighted by atomic mass is 16.6. The van der Waals surface area contributed by atoms with Gasteiger partial charge in [0.25, 0.3) is 0 Å². The molecule has 0 saturated heterocycles. The molecule has 3 atom stereocenters. The molecule has 0 radical (unpaired) electrons. The molecule has 0 aliphatic rings. The lowest BCUT2D eigenvalue weighted by Crippen LogP contribution is -2.54. The molecule has 3 amide bonds. The van der Waals surface area contributed by atoms with Gasteiger partial charge in [0.1, 0.15) is 17.7 Å². The van der Waals surface area contributed by atoms with E-state index in [2.05, 4.69) is 24.5 Å². The number of aryl methyl sites for hydroxylation is 2. The molecule has 0 fully saturated rings. The Labute approximate surface area is 241 Å². The Morgan fingerprint density at radius 1 is 0.925 bits per heavy atom. The molecule has 7 nitrogen and oxygen atoms in total. The molecule has 0 spiro atoms. The molecule has 0 aliphatic carbocycles. The van der Waals surface area contributed by atoms with E-state index < -0.39 is 23.8 Å². The first-order chi connectivity index (χ1) is 18.9. The summed E-state index contributed by atoms with van der Waals surface area (Å²) >= 11 is 0. The van der Waals surface area contributed by atoms with Crippen LogP contribution < -0.4 is 10.6 Å². The van der Waals surface area contributed by atoms with E-state index in [1.807, 2.05) is 69.3 Å². The van der Waals surface area contributed by atoms with Crippen molar-refractivity contribution in [3.8, 4) is 0 Å². The van der Waals surface area contributed by atoms with Crippen molar-refractivity contribution < 1.29 is 19.1 Å². The number of alkyl carbamates (subject to hydrolysis) is 1. The van der Waals surface area contributed by atoms with Gasteiger partial charge in [-0.3, -0.25) is 9.59 Å². The zero-order chi connectivity index (χ0) is 29.9. The summed E-state index contributed by atoms with van der Waals surface area (Å²) in [4.78, 5) is 42.9. The summed E-state index contributed by atoms with van der Waals surface area (Å²) in [6.07, 6.45) is 2.95. The van der Waals surface area contributed by atoms with Gasteiger partial charge >= 0.3 is 6.09 Å². The number of hydrogen-bond acceptors (Lipinski definition) is 4. The number of benzene rings is 2. The topological polar surface area (TPSA) is 87.7 Å². The molecular formula is C33H49N3O4. The third-order valence-electron chi connectivity index (χ3n) is 6.82. The summed E-state index contributed by atoms with van der Waals surface area (Å²) in [6, 6.07) is 13.7. The highest BCUT2D eigenvalue weighted by molar-refractivity contribution is 5.92. The van der Waals surface area contributed by atoms with Crippen LogP contribution in [0.15, 0.2) is 48.5 Å². The Kier molecular flexibility index (Phi) is 12.7. The van der Waals surface area contributed by atoms with E-state index in [0.29, 0.717) is 6.54 Å². The molecule has 2 aromatic rings. The molecule has 220 valence electrons. The molecule has 7 heteroatoms. The summed E-state index contributed by atoms with van der Waals surface area (Å²) in [5, 5.41) is 5.96. The molecule has 2 rings (SSSR count). The van der Waals surface area contributed by atoms with Crippen molar-refractivity contribution in [1.82, 2.24) is 15.5 Å². The number of amides is 3. The van der Waals surface area contributed by atoms with E-state index >= 15 is 0 Å². The SMILES string of the molecule is CCCCN(C(=O)C(Cc1ccccc1)NC(=O)OC(C)(C)C)C(C(=O)NC(C)CCC)c1ccc(C)c(C)c1. The van der Waals surface area contributed by atoms with Crippen molar-refractivity contribution in [3.05, 3.63) is 70.8 Å². The van der Waals surface area contributed by atoms with Gasteiger partial charge in [0.05, 0.1) is 0 Å². The summed E-state index contributed by atoms with van der Waals surface area (Å²) < 4.78 is 5.52. The molecule has 2 N–H and O–H groups in total. The smallest absolute Gasteiger partial charge is 0.408 e. The van der Waals surface area contributed by atoms with E-state index in [9.17, 15) is 14.4 Å². The fraction of sp³-hybridized carbons (Fsp3) is 0.545. The standard InChI is InChI=1S/C33H49N3O4/c1-9-11-20-36(29(30(37)34-25(5)15-10-2)27-19-18-23(3)24(4)21-27)31(38)28(22-26-16-13-12-14-17-26)35-32(39)40-33(6,7)8/h12-14,16-19,21,25,28-29H,9-11,15,20,22H2,1-8H3,(H,34,37)(H,35,39). The molecule has 2 aromatic carbocycles. The second-order valence-corrected chi connectivity index (χ2v) is 11.7. The lowest BCUT2D eigenvalue weighted by atomic mass is 9.96. The second kappa shape index (κ2) is 15.4. The quantitative estimate of drug-likeness (QED) is 0.301. The van der Waals surface area contributed by atoms with Crippen LogP contribution in [0.2, 0.25) is 0 Å². The van der Waals surface area contributed by atoms with Crippen molar-refractivity contribution in [2.75, 3.05) is 6.54 Å². The van der Waals surface area contributed by atoms with E-state index in [4.69, 9.17) is 4.74 Å². The predicted octanol–water partition coefficient (Wildman–Crippen LogP) is 6.41. The van der Waals surface area contributed by atoms with Crippen LogP contribution >= 0.6 is 0 Å². The Balaban J connectivity index is 2.57. The third-order valence-corrected chi connectivity index (χ3v) is 6.82. The third kappa shape index (κ3) is 10.3. The zero-order valence-corrected chi connectivity index (χ0v) is 25.7. The fourth-order valence-electron chi connectivity index (χ4n) is 4.63. The van der Waals surface area contributed by atoms with Gasteiger partial charge < -0.3 is 20.3 Å². The van der Waals surface area contributed by atoms with Gasteiger partial charge in [-0.25, -0.2) is 4.79 Å². The van der Waals surface area contributed by atoms with Gasteiger partial charge in [-0.15, -0.1) is 0 Å². The first-order valence-electron chi connectivity index (χ1n) is 14.6. The maximum atomic E-state index is 14.4. The molecule has 0 aliphatic heterocycles. The minimum absolute atomic E-state index is 0.0327. The first-order valence-corrected chi connectivity index (χ1v) is 14.6. The van der Waals surface area contributed by atoms with E-state index in [1.54, 1.807) is 25.7 Å². The van der Waals surface area contributed by atoms with E-state index in [1.165, 1.54) is 0 Å². The fourth-order valence-corrected chi connectivity index (χ4v) is 4.63. The molecule has 0 aromatic heterocycles. The maximum Gasteiger partial charge on any atom is 0.408 e. The Bertz CT molecular complexity index is 1110. The van der Waals surface area contributed by atoms with Crippen LogP contribution in [0.4, 0.5) is 4.79 Å². The lowest BCUT2D eigenvalue weighted by molar-refractivity contribution is -0.142. The number of carbonyl (C=O) groups is 3. The second-order valence-electron chi connectivity index (χ2n) is 11.7. The lowest BCUT2D eigenvalue weighted by Gasteiger charge is -2.35. The van der Waals surface area contributed by atoms with Crippen LogP contribution in [0, 0.1) is 13.8 Å². The number of hydrogen-bond donors (Lipinski definition) is 2. The molecule has 0 bridgehead atoms. The highest BCUT2D eigenvalue weighted by Gasteiger charge is 2.36. The zero-order valence-electron chi connectivity index (χ0n) is 25.7. The minimum Gasteiger partial charge on any atom is -0.444 e. The van der Waals surface area contributed by atoms with E-state index in [0.717, 1.165) is 47.9 Å². The monoisotopic (exact) mass is 551 g/mol. The van der Waals surface area contributed by atoms with Crippen LogP contribution in [-0.2, 0) is 20.7 Å². The van der Waals surface area contributed by atoms with Crippen LogP contribution in [0.3, 0.4) is 0 Å². The largest absolute Gasteiger partial charge is 0.444 e. The van der Waals surface area contributed by atoms with Crippen LogP contribution in [0.1, 0.15) is 95.5 Å². The van der Waals surface area contributed by atoms with E-state index in [-0.39, 0.29) is 24.3 Å². The summed E-state index contributed by atoms with van der Waals surface area (Å²) in [7, 11) is 0. The van der Waals surface area contributed by atoms with Gasteiger partial charge in [-0.2, -0.15) is 0 Å². The van der Waals surface area contributed by atoms with Crippen molar-refractivity contribution in [2.45, 2.75) is 111 Å². The van der Waals surface area contributed by atoms with Crippen molar-refractivity contribution in [1.29, 1.82) is 0 Å². The number of rotatable bonds is 13. The number of unbranched alkanes of at least 4 members (excludes halogenated alkanes) is 1. The predicted molar refractivity (Wildman–Crippen MR) is 161 cm³/mol. The average molecular weight is 552 g/mol. The minimum atomic E-state index is -0.913. The molecule has 0 saturated carbocycles. The van der Waals surface area contributed by atoms with Crippen molar-refractivity contribution in [3.63, 3.8) is 0 Å². The Morgan fingerprint density at radius 2 is 1.60 bits per heavy atom. The van der Waals surface area contributed by atoms with Crippen LogP contribution in [0.25, 0.3) is 0 Å². The molecule has 0 heterocycles. The number of nitrogens with one attached hydrogen (secondary N) is 2. The summed E-state index contributed by atoms with van der Waals surface area (Å²) in [5.41, 5.74) is 3.10. The van der Waals surface area contributed by atoms with Gasteiger partial charge in [0.15, 0.2) is 0 Å². The Morgan fingerprint density at radius 3 is 2.17 bits per heavy atom. The van der Waals surface area contributed by atoms with Gasteiger partial charge in [-0.1, -0.05) is 75.2 Å². The first kappa shape index (κ1) is 32.9. The molecule has 3 unspecified atom stereocenters. The van der Waals surface area contributed by atoms with Gasteiger partial charge in [-0.05, 0) is 76.6 Å². The Hall–Kier alpha value is -3.35. The maximum absolute atomic E-state index is 14.4. The molecule has 40 heavy (non-hydrogen) atoms. The molecular weight excluding hydrogens is 502 g/mol.